The highest BCUT2D eigenvalue weighted by molar-refractivity contribution is 5.55. The molecular weight excluding hydrogens is 162 g/mol. The molecule has 0 aliphatic heterocycles. The van der Waals surface area contributed by atoms with Crippen LogP contribution in [0.2, 0.25) is 0 Å². The van der Waals surface area contributed by atoms with Crippen molar-refractivity contribution in [3.05, 3.63) is 0 Å². The molecule has 1 rings (SSSR count). The van der Waals surface area contributed by atoms with Gasteiger partial charge in [0.05, 0.1) is 5.92 Å². The number of rotatable bonds is 3. The van der Waals surface area contributed by atoms with Crippen LogP contribution in [0.1, 0.15) is 32.6 Å². The molecule has 70 valence electrons. The molecule has 1 atom stereocenters. The molecule has 0 spiro atoms. The number of carbonyl (C=O) groups excluding carboxylic acids is 1. The van der Waals surface area contributed by atoms with E-state index in [2.05, 4.69) is 0 Å². The first kappa shape index (κ1) is 9.62. The number of carbonyl (C=O) groups is 1. The number of aldehydes is 1. The third-order valence-corrected chi connectivity index (χ3v) is 2.64. The maximum atomic E-state index is 12.8. The molecule has 0 bridgehead atoms. The second kappa shape index (κ2) is 3.50. The summed E-state index contributed by atoms with van der Waals surface area (Å²) in [5.74, 6) is -3.97. The second-order valence-corrected chi connectivity index (χ2v) is 3.66. The van der Waals surface area contributed by atoms with Gasteiger partial charge in [0.1, 0.15) is 6.29 Å². The maximum Gasteiger partial charge on any atom is 0.255 e. The van der Waals surface area contributed by atoms with E-state index in [0.29, 0.717) is 6.29 Å². The Labute approximate surface area is 71.1 Å². The monoisotopic (exact) mass is 176 g/mol. The highest BCUT2D eigenvalue weighted by Gasteiger charge is 2.40. The van der Waals surface area contributed by atoms with Crippen LogP contribution in [-0.4, -0.2) is 12.2 Å². The topological polar surface area (TPSA) is 17.1 Å². The molecule has 0 aromatic heterocycles. The van der Waals surface area contributed by atoms with Gasteiger partial charge in [-0.1, -0.05) is 12.8 Å². The Morgan fingerprint density at radius 2 is 1.92 bits per heavy atom. The lowest BCUT2D eigenvalue weighted by Gasteiger charge is -2.23. The summed E-state index contributed by atoms with van der Waals surface area (Å²) in [5, 5.41) is 0. The Balaban J connectivity index is 2.60. The Kier molecular flexibility index (Phi) is 2.80. The van der Waals surface area contributed by atoms with Gasteiger partial charge in [0.2, 0.25) is 0 Å². The molecule has 0 heterocycles. The highest BCUT2D eigenvalue weighted by Crippen LogP contribution is 2.38. The van der Waals surface area contributed by atoms with E-state index in [4.69, 9.17) is 0 Å². The van der Waals surface area contributed by atoms with Crippen LogP contribution in [-0.2, 0) is 4.79 Å². The minimum Gasteiger partial charge on any atom is -0.303 e. The van der Waals surface area contributed by atoms with Crippen molar-refractivity contribution in [1.82, 2.24) is 0 Å². The Bertz CT molecular complexity index is 156. The van der Waals surface area contributed by atoms with Crippen LogP contribution in [0.3, 0.4) is 0 Å². The summed E-state index contributed by atoms with van der Waals surface area (Å²) >= 11 is 0. The van der Waals surface area contributed by atoms with Crippen molar-refractivity contribution in [3.63, 3.8) is 0 Å². The van der Waals surface area contributed by atoms with Crippen LogP contribution in [0.25, 0.3) is 0 Å². The summed E-state index contributed by atoms with van der Waals surface area (Å²) in [6.07, 6.45) is 3.98. The van der Waals surface area contributed by atoms with Crippen LogP contribution in [0.5, 0.6) is 0 Å². The number of alkyl halides is 2. The average Bonchev–Trinajstić information content (AvgIpc) is 2.38. The predicted octanol–water partition coefficient (Wildman–Crippen LogP) is 2.65. The summed E-state index contributed by atoms with van der Waals surface area (Å²) in [4.78, 5) is 10.5. The maximum absolute atomic E-state index is 12.8. The molecule has 1 aliphatic carbocycles. The first-order valence-corrected chi connectivity index (χ1v) is 4.39. The second-order valence-electron chi connectivity index (χ2n) is 3.66. The molecule has 12 heavy (non-hydrogen) atoms. The van der Waals surface area contributed by atoms with Crippen molar-refractivity contribution in [1.29, 1.82) is 0 Å². The Hall–Kier alpha value is -0.470. The average molecular weight is 176 g/mol. The predicted molar refractivity (Wildman–Crippen MR) is 42.1 cm³/mol. The largest absolute Gasteiger partial charge is 0.303 e. The van der Waals surface area contributed by atoms with Crippen molar-refractivity contribution in [2.45, 2.75) is 38.5 Å². The number of hydrogen-bond acceptors (Lipinski definition) is 1. The van der Waals surface area contributed by atoms with E-state index in [1.165, 1.54) is 0 Å². The van der Waals surface area contributed by atoms with E-state index in [0.717, 1.165) is 32.6 Å². The van der Waals surface area contributed by atoms with Crippen molar-refractivity contribution >= 4 is 6.29 Å². The third-order valence-electron chi connectivity index (χ3n) is 2.64. The molecule has 1 fully saturated rings. The molecule has 0 aromatic rings. The molecule has 1 saturated carbocycles. The minimum absolute atomic E-state index is 0.0810. The van der Waals surface area contributed by atoms with Gasteiger partial charge in [0.15, 0.2) is 0 Å². The van der Waals surface area contributed by atoms with Crippen molar-refractivity contribution in [2.75, 3.05) is 0 Å². The summed E-state index contributed by atoms with van der Waals surface area (Å²) in [5.41, 5.74) is 0. The van der Waals surface area contributed by atoms with Crippen LogP contribution in [0, 0.1) is 11.8 Å². The van der Waals surface area contributed by atoms with Crippen LogP contribution in [0.4, 0.5) is 8.78 Å². The van der Waals surface area contributed by atoms with Gasteiger partial charge in [-0.05, 0) is 18.8 Å². The molecule has 0 amide bonds. The van der Waals surface area contributed by atoms with Crippen LogP contribution >= 0.6 is 0 Å². The fraction of sp³-hybridized carbons (Fsp3) is 0.889. The molecule has 1 unspecified atom stereocenters. The smallest absolute Gasteiger partial charge is 0.255 e. The molecule has 1 aliphatic rings. The van der Waals surface area contributed by atoms with Gasteiger partial charge in [0, 0.05) is 6.92 Å². The van der Waals surface area contributed by atoms with E-state index >= 15 is 0 Å². The third kappa shape index (κ3) is 2.02. The van der Waals surface area contributed by atoms with Crippen LogP contribution in [0.15, 0.2) is 0 Å². The van der Waals surface area contributed by atoms with E-state index in [-0.39, 0.29) is 5.92 Å². The van der Waals surface area contributed by atoms with Crippen molar-refractivity contribution in [3.8, 4) is 0 Å². The lowest BCUT2D eigenvalue weighted by molar-refractivity contribution is -0.127. The zero-order valence-electron chi connectivity index (χ0n) is 7.22. The number of halogens is 2. The van der Waals surface area contributed by atoms with Crippen molar-refractivity contribution < 1.29 is 13.6 Å². The molecule has 0 radical (unpaired) electrons. The van der Waals surface area contributed by atoms with Crippen LogP contribution < -0.4 is 0 Å². The highest BCUT2D eigenvalue weighted by atomic mass is 19.3. The first-order chi connectivity index (χ1) is 5.55. The molecular formula is C9H14F2O. The van der Waals surface area contributed by atoms with Gasteiger partial charge in [-0.3, -0.25) is 0 Å². The Morgan fingerprint density at radius 3 is 2.25 bits per heavy atom. The van der Waals surface area contributed by atoms with E-state index in [1.807, 2.05) is 0 Å². The molecule has 1 nitrogen and oxygen atoms in total. The van der Waals surface area contributed by atoms with Gasteiger partial charge >= 0.3 is 0 Å². The van der Waals surface area contributed by atoms with E-state index in [9.17, 15) is 13.6 Å². The zero-order valence-corrected chi connectivity index (χ0v) is 7.22. The molecule has 0 N–H and O–H groups in total. The fourth-order valence-corrected chi connectivity index (χ4v) is 1.96. The van der Waals surface area contributed by atoms with E-state index < -0.39 is 11.8 Å². The molecule has 0 saturated heterocycles. The summed E-state index contributed by atoms with van der Waals surface area (Å²) in [6, 6.07) is 0. The zero-order chi connectivity index (χ0) is 9.19. The lowest BCUT2D eigenvalue weighted by atomic mass is 9.87. The minimum atomic E-state index is -2.84. The summed E-state index contributed by atoms with van der Waals surface area (Å²) in [6.45, 7) is 0.838. The fourth-order valence-electron chi connectivity index (χ4n) is 1.96. The van der Waals surface area contributed by atoms with E-state index in [1.54, 1.807) is 0 Å². The standard InChI is InChI=1S/C9H14F2O/c1-9(10,11)8(6-12)7-4-2-3-5-7/h6-8H,2-5H2,1H3. The molecule has 3 heteroatoms. The SMILES string of the molecule is CC(F)(F)C(C=O)C1CCCC1. The normalized spacial score (nSPS) is 22.6. The van der Waals surface area contributed by atoms with Crippen molar-refractivity contribution in [2.24, 2.45) is 11.8 Å². The quantitative estimate of drug-likeness (QED) is 0.604. The lowest BCUT2D eigenvalue weighted by Crippen LogP contribution is -2.31. The van der Waals surface area contributed by atoms with Gasteiger partial charge in [-0.2, -0.15) is 0 Å². The summed E-state index contributed by atoms with van der Waals surface area (Å²) < 4.78 is 25.6. The first-order valence-electron chi connectivity index (χ1n) is 4.39. The van der Waals surface area contributed by atoms with Gasteiger partial charge in [-0.25, -0.2) is 8.78 Å². The Morgan fingerprint density at radius 1 is 1.42 bits per heavy atom. The van der Waals surface area contributed by atoms with Gasteiger partial charge in [0.25, 0.3) is 5.92 Å². The number of hydrogen-bond donors (Lipinski definition) is 0. The molecule has 0 aromatic carbocycles. The van der Waals surface area contributed by atoms with Gasteiger partial charge < -0.3 is 4.79 Å². The van der Waals surface area contributed by atoms with Gasteiger partial charge in [-0.15, -0.1) is 0 Å². The summed E-state index contributed by atoms with van der Waals surface area (Å²) in [7, 11) is 0.